The Bertz CT molecular complexity index is 629. The zero-order valence-corrected chi connectivity index (χ0v) is 14.6. The molecule has 5 heteroatoms. The molecular formula is C19H26N2O3. The zero-order chi connectivity index (χ0) is 17.1. The van der Waals surface area contributed by atoms with E-state index in [-0.39, 0.29) is 17.9 Å². The van der Waals surface area contributed by atoms with Crippen LogP contribution in [0.3, 0.4) is 0 Å². The minimum absolute atomic E-state index is 0.0362. The number of benzene rings is 1. The van der Waals surface area contributed by atoms with Gasteiger partial charge in [0.05, 0.1) is 6.61 Å². The van der Waals surface area contributed by atoms with Gasteiger partial charge in [-0.1, -0.05) is 19.8 Å². The highest BCUT2D eigenvalue weighted by Crippen LogP contribution is 2.27. The molecule has 2 aliphatic heterocycles. The van der Waals surface area contributed by atoms with E-state index in [9.17, 15) is 9.59 Å². The van der Waals surface area contributed by atoms with Crippen LogP contribution in [0, 0.1) is 0 Å². The summed E-state index contributed by atoms with van der Waals surface area (Å²) in [4.78, 5) is 29.1. The van der Waals surface area contributed by atoms with Crippen LogP contribution in [0.1, 0.15) is 48.5 Å². The Morgan fingerprint density at radius 2 is 2.17 bits per heavy atom. The third kappa shape index (κ3) is 3.25. The summed E-state index contributed by atoms with van der Waals surface area (Å²) in [6, 6.07) is 5.33. The standard InChI is InChI=1S/C19H26N2O3/c1-3-4-7-16-19(23)20(2)10-11-21(16)18(22)15-8-9-17-14(13-15)6-5-12-24-17/h8-9,13,16H,3-7,10-12H2,1-2H3/t16-/m1/s1. The van der Waals surface area contributed by atoms with Gasteiger partial charge in [0.1, 0.15) is 11.8 Å². The van der Waals surface area contributed by atoms with E-state index in [2.05, 4.69) is 6.92 Å². The van der Waals surface area contributed by atoms with Crippen molar-refractivity contribution in [3.63, 3.8) is 0 Å². The van der Waals surface area contributed by atoms with E-state index in [0.29, 0.717) is 18.7 Å². The number of piperazine rings is 1. The van der Waals surface area contributed by atoms with E-state index >= 15 is 0 Å². The quantitative estimate of drug-likeness (QED) is 0.852. The van der Waals surface area contributed by atoms with Crippen molar-refractivity contribution in [3.8, 4) is 5.75 Å². The van der Waals surface area contributed by atoms with Gasteiger partial charge in [-0.15, -0.1) is 0 Å². The average molecular weight is 330 g/mol. The molecule has 1 fully saturated rings. The van der Waals surface area contributed by atoms with Crippen molar-refractivity contribution >= 4 is 11.8 Å². The highest BCUT2D eigenvalue weighted by atomic mass is 16.5. The molecule has 0 unspecified atom stereocenters. The fraction of sp³-hybridized carbons (Fsp3) is 0.579. The summed E-state index contributed by atoms with van der Waals surface area (Å²) in [7, 11) is 1.82. The van der Waals surface area contributed by atoms with Gasteiger partial charge in [0.25, 0.3) is 5.91 Å². The van der Waals surface area contributed by atoms with Crippen LogP contribution in [-0.2, 0) is 11.2 Å². The van der Waals surface area contributed by atoms with Gasteiger partial charge in [-0.25, -0.2) is 0 Å². The van der Waals surface area contributed by atoms with Crippen LogP contribution in [0.5, 0.6) is 5.75 Å². The van der Waals surface area contributed by atoms with Crippen molar-refractivity contribution in [1.82, 2.24) is 9.80 Å². The van der Waals surface area contributed by atoms with Crippen molar-refractivity contribution in [2.75, 3.05) is 26.7 Å². The number of aryl methyl sites for hydroxylation is 1. The summed E-state index contributed by atoms with van der Waals surface area (Å²) < 4.78 is 5.62. The van der Waals surface area contributed by atoms with Gasteiger partial charge in [-0.2, -0.15) is 0 Å². The number of carbonyl (C=O) groups excluding carboxylic acids is 2. The minimum atomic E-state index is -0.330. The van der Waals surface area contributed by atoms with Crippen molar-refractivity contribution in [2.45, 2.75) is 45.1 Å². The van der Waals surface area contributed by atoms with Crippen LogP contribution >= 0.6 is 0 Å². The van der Waals surface area contributed by atoms with E-state index < -0.39 is 0 Å². The lowest BCUT2D eigenvalue weighted by Crippen LogP contribution is -2.57. The lowest BCUT2D eigenvalue weighted by molar-refractivity contribution is -0.138. The minimum Gasteiger partial charge on any atom is -0.493 e. The normalized spacial score (nSPS) is 20.6. The first-order valence-electron chi connectivity index (χ1n) is 8.93. The van der Waals surface area contributed by atoms with Gasteiger partial charge in [0.2, 0.25) is 5.91 Å². The average Bonchev–Trinajstić information content (AvgIpc) is 2.62. The number of ether oxygens (including phenoxy) is 1. The molecule has 0 N–H and O–H groups in total. The Hall–Kier alpha value is -2.04. The fourth-order valence-electron chi connectivity index (χ4n) is 3.49. The SMILES string of the molecule is CCCC[C@@H]1C(=O)N(C)CCN1C(=O)c1ccc2c(c1)CCCO2. The molecule has 24 heavy (non-hydrogen) atoms. The largest absolute Gasteiger partial charge is 0.493 e. The maximum absolute atomic E-state index is 13.0. The van der Waals surface area contributed by atoms with Gasteiger partial charge in [0.15, 0.2) is 0 Å². The second kappa shape index (κ2) is 7.24. The van der Waals surface area contributed by atoms with E-state index in [1.54, 1.807) is 9.80 Å². The van der Waals surface area contributed by atoms with E-state index in [4.69, 9.17) is 4.74 Å². The summed E-state index contributed by atoms with van der Waals surface area (Å²) in [5, 5.41) is 0. The molecule has 0 bridgehead atoms. The highest BCUT2D eigenvalue weighted by Gasteiger charge is 2.35. The predicted octanol–water partition coefficient (Wildman–Crippen LogP) is 2.48. The summed E-state index contributed by atoms with van der Waals surface area (Å²) in [5.74, 6) is 0.907. The molecule has 0 saturated carbocycles. The van der Waals surface area contributed by atoms with Crippen molar-refractivity contribution in [3.05, 3.63) is 29.3 Å². The molecular weight excluding hydrogens is 304 g/mol. The Labute approximate surface area is 143 Å². The number of unbranched alkanes of at least 4 members (excludes halogenated alkanes) is 1. The molecule has 130 valence electrons. The molecule has 3 rings (SSSR count). The maximum Gasteiger partial charge on any atom is 0.254 e. The monoisotopic (exact) mass is 330 g/mol. The van der Waals surface area contributed by atoms with E-state index in [1.807, 2.05) is 25.2 Å². The number of rotatable bonds is 4. The summed E-state index contributed by atoms with van der Waals surface area (Å²) in [5.41, 5.74) is 1.76. The van der Waals surface area contributed by atoms with Crippen LogP contribution in [-0.4, -0.2) is 54.4 Å². The fourth-order valence-corrected chi connectivity index (χ4v) is 3.49. The molecule has 0 spiro atoms. The van der Waals surface area contributed by atoms with Crippen LogP contribution < -0.4 is 4.74 Å². The molecule has 2 amide bonds. The molecule has 1 aromatic carbocycles. The number of likely N-dealkylation sites (N-methyl/N-ethyl adjacent to an activating group) is 1. The van der Waals surface area contributed by atoms with Gasteiger partial charge in [0, 0.05) is 25.7 Å². The number of carbonyl (C=O) groups is 2. The Balaban J connectivity index is 1.82. The molecule has 5 nitrogen and oxygen atoms in total. The lowest BCUT2D eigenvalue weighted by Gasteiger charge is -2.39. The molecule has 0 aliphatic carbocycles. The Morgan fingerprint density at radius 1 is 1.33 bits per heavy atom. The Morgan fingerprint density at radius 3 is 2.96 bits per heavy atom. The van der Waals surface area contributed by atoms with Gasteiger partial charge in [-0.3, -0.25) is 9.59 Å². The molecule has 2 aliphatic rings. The van der Waals surface area contributed by atoms with Crippen LogP contribution in [0.15, 0.2) is 18.2 Å². The first kappa shape index (κ1) is 16.8. The van der Waals surface area contributed by atoms with Crippen molar-refractivity contribution in [2.24, 2.45) is 0 Å². The second-order valence-electron chi connectivity index (χ2n) is 6.69. The number of amides is 2. The number of hydrogen-bond donors (Lipinski definition) is 0. The molecule has 0 aromatic heterocycles. The number of fused-ring (bicyclic) bond motifs is 1. The summed E-state index contributed by atoms with van der Waals surface area (Å²) >= 11 is 0. The van der Waals surface area contributed by atoms with Crippen LogP contribution in [0.4, 0.5) is 0 Å². The Kier molecular flexibility index (Phi) is 5.07. The maximum atomic E-state index is 13.0. The zero-order valence-electron chi connectivity index (χ0n) is 14.6. The molecule has 2 heterocycles. The predicted molar refractivity (Wildman–Crippen MR) is 92.2 cm³/mol. The van der Waals surface area contributed by atoms with Gasteiger partial charge < -0.3 is 14.5 Å². The van der Waals surface area contributed by atoms with Crippen molar-refractivity contribution < 1.29 is 14.3 Å². The third-order valence-corrected chi connectivity index (χ3v) is 4.96. The summed E-state index contributed by atoms with van der Waals surface area (Å²) in [6.07, 6.45) is 4.63. The van der Waals surface area contributed by atoms with Crippen LogP contribution in [0.2, 0.25) is 0 Å². The lowest BCUT2D eigenvalue weighted by atomic mass is 10.00. The molecule has 1 aromatic rings. The number of hydrogen-bond acceptors (Lipinski definition) is 3. The summed E-state index contributed by atoms with van der Waals surface area (Å²) in [6.45, 7) is 4.04. The van der Waals surface area contributed by atoms with Crippen molar-refractivity contribution in [1.29, 1.82) is 0 Å². The second-order valence-corrected chi connectivity index (χ2v) is 6.69. The molecule has 0 radical (unpaired) electrons. The topological polar surface area (TPSA) is 49.9 Å². The van der Waals surface area contributed by atoms with E-state index in [1.165, 1.54) is 0 Å². The highest BCUT2D eigenvalue weighted by molar-refractivity contribution is 5.98. The third-order valence-electron chi connectivity index (χ3n) is 4.96. The van der Waals surface area contributed by atoms with Crippen LogP contribution in [0.25, 0.3) is 0 Å². The number of nitrogens with zero attached hydrogens (tertiary/aromatic N) is 2. The molecule has 1 saturated heterocycles. The van der Waals surface area contributed by atoms with Gasteiger partial charge in [-0.05, 0) is 43.0 Å². The smallest absolute Gasteiger partial charge is 0.254 e. The first-order chi connectivity index (χ1) is 11.6. The first-order valence-corrected chi connectivity index (χ1v) is 8.93. The molecule has 1 atom stereocenters. The van der Waals surface area contributed by atoms with E-state index in [0.717, 1.165) is 50.0 Å². The van der Waals surface area contributed by atoms with Gasteiger partial charge >= 0.3 is 0 Å².